The van der Waals surface area contributed by atoms with E-state index < -0.39 is 17.1 Å². The lowest BCUT2D eigenvalue weighted by molar-refractivity contribution is 0.567. The van der Waals surface area contributed by atoms with Crippen LogP contribution < -0.4 is 16.6 Å². The quantitative estimate of drug-likeness (QED) is 0.853. The van der Waals surface area contributed by atoms with Crippen LogP contribution in [0.4, 0.5) is 9.52 Å². The van der Waals surface area contributed by atoms with Gasteiger partial charge in [-0.05, 0) is 6.92 Å². The minimum absolute atomic E-state index is 0.176. The van der Waals surface area contributed by atoms with Gasteiger partial charge in [0, 0.05) is 17.6 Å². The second-order valence-electron chi connectivity index (χ2n) is 3.53. The summed E-state index contributed by atoms with van der Waals surface area (Å²) in [6, 6.07) is 0. The number of hydrogen-bond donors (Lipinski definition) is 2. The van der Waals surface area contributed by atoms with Gasteiger partial charge in [0.05, 0.1) is 12.7 Å². The molecule has 8 heteroatoms. The van der Waals surface area contributed by atoms with Crippen LogP contribution in [-0.2, 0) is 6.54 Å². The molecule has 0 fully saturated rings. The van der Waals surface area contributed by atoms with Crippen molar-refractivity contribution in [2.75, 3.05) is 11.9 Å². The molecule has 2 N–H and O–H groups in total. The Morgan fingerprint density at radius 1 is 1.56 bits per heavy atom. The van der Waals surface area contributed by atoms with Crippen molar-refractivity contribution >= 4 is 16.5 Å². The van der Waals surface area contributed by atoms with Gasteiger partial charge in [-0.1, -0.05) is 0 Å². The van der Waals surface area contributed by atoms with E-state index >= 15 is 0 Å². The zero-order chi connectivity index (χ0) is 13.1. The van der Waals surface area contributed by atoms with Crippen LogP contribution >= 0.6 is 11.3 Å². The molecule has 0 aliphatic rings. The summed E-state index contributed by atoms with van der Waals surface area (Å²) in [6.45, 7) is 2.87. The summed E-state index contributed by atoms with van der Waals surface area (Å²) in [5, 5.41) is 3.78. The maximum Gasteiger partial charge on any atom is 0.328 e. The second-order valence-corrected chi connectivity index (χ2v) is 4.64. The number of aromatic nitrogens is 3. The van der Waals surface area contributed by atoms with Crippen LogP contribution in [0.2, 0.25) is 0 Å². The lowest BCUT2D eigenvalue weighted by atomic mass is 10.5. The molecular weight excluding hydrogens is 259 g/mol. The van der Waals surface area contributed by atoms with Gasteiger partial charge in [-0.2, -0.15) is 4.39 Å². The number of rotatable bonds is 4. The molecule has 0 saturated carbocycles. The van der Waals surface area contributed by atoms with Gasteiger partial charge in [0.2, 0.25) is 5.82 Å². The Bertz CT molecular complexity index is 660. The Labute approximate surface area is 105 Å². The number of halogens is 1. The van der Waals surface area contributed by atoms with Crippen molar-refractivity contribution in [2.24, 2.45) is 0 Å². The average molecular weight is 270 g/mol. The number of hydrogen-bond acceptors (Lipinski definition) is 5. The highest BCUT2D eigenvalue weighted by atomic mass is 32.1. The first-order valence-electron chi connectivity index (χ1n) is 5.28. The van der Waals surface area contributed by atoms with E-state index in [1.165, 1.54) is 11.3 Å². The maximum atomic E-state index is 13.1. The molecule has 2 rings (SSSR count). The highest BCUT2D eigenvalue weighted by Gasteiger charge is 2.06. The summed E-state index contributed by atoms with van der Waals surface area (Å²) in [5.74, 6) is -0.981. The van der Waals surface area contributed by atoms with Crippen LogP contribution in [-0.4, -0.2) is 21.1 Å². The largest absolute Gasteiger partial charge is 0.362 e. The number of aromatic amines is 1. The van der Waals surface area contributed by atoms with Gasteiger partial charge in [-0.15, -0.1) is 11.3 Å². The predicted molar refractivity (Wildman–Crippen MR) is 66.7 cm³/mol. The van der Waals surface area contributed by atoms with E-state index in [1.807, 2.05) is 11.9 Å². The molecule has 0 bridgehead atoms. The van der Waals surface area contributed by atoms with E-state index in [9.17, 15) is 14.0 Å². The summed E-state index contributed by atoms with van der Waals surface area (Å²) < 4.78 is 14.2. The second kappa shape index (κ2) is 5.13. The van der Waals surface area contributed by atoms with Crippen LogP contribution in [0.1, 0.15) is 11.8 Å². The Kier molecular flexibility index (Phi) is 3.56. The van der Waals surface area contributed by atoms with Crippen molar-refractivity contribution in [3.05, 3.63) is 43.9 Å². The van der Waals surface area contributed by atoms with E-state index in [0.717, 1.165) is 27.3 Å². The number of anilines is 1. The van der Waals surface area contributed by atoms with E-state index in [4.69, 9.17) is 0 Å². The van der Waals surface area contributed by atoms with Crippen LogP contribution in [0.15, 0.2) is 22.0 Å². The first-order valence-corrected chi connectivity index (χ1v) is 6.09. The standard InChI is InChI=1S/C10H11FN4O2S/c1-2-12-9-13-3-6(18-9)4-15-5-7(11)8(16)14-10(15)17/h3,5H,2,4H2,1H3,(H,12,13)(H,14,16,17). The third-order valence-corrected chi connectivity index (χ3v) is 3.11. The zero-order valence-electron chi connectivity index (χ0n) is 9.57. The molecule has 0 aliphatic heterocycles. The molecule has 2 aromatic heterocycles. The first-order chi connectivity index (χ1) is 8.60. The highest BCUT2D eigenvalue weighted by molar-refractivity contribution is 7.15. The van der Waals surface area contributed by atoms with Crippen LogP contribution in [0.3, 0.4) is 0 Å². The molecule has 2 aromatic rings. The van der Waals surface area contributed by atoms with Crippen molar-refractivity contribution in [1.82, 2.24) is 14.5 Å². The van der Waals surface area contributed by atoms with Crippen molar-refractivity contribution < 1.29 is 4.39 Å². The normalized spacial score (nSPS) is 10.6. The number of H-pyrrole nitrogens is 1. The molecule has 0 aliphatic carbocycles. The molecule has 6 nitrogen and oxygen atoms in total. The number of thiazole rings is 1. The fourth-order valence-corrected chi connectivity index (χ4v) is 2.26. The summed E-state index contributed by atoms with van der Waals surface area (Å²) in [5.41, 5.74) is -1.64. The molecule has 0 unspecified atom stereocenters. The topological polar surface area (TPSA) is 79.8 Å². The van der Waals surface area contributed by atoms with Crippen LogP contribution in [0.25, 0.3) is 0 Å². The van der Waals surface area contributed by atoms with Gasteiger partial charge in [-0.25, -0.2) is 9.78 Å². The minimum Gasteiger partial charge on any atom is -0.362 e. The fourth-order valence-electron chi connectivity index (χ4n) is 1.38. The highest BCUT2D eigenvalue weighted by Crippen LogP contribution is 2.18. The van der Waals surface area contributed by atoms with Crippen molar-refractivity contribution in [3.63, 3.8) is 0 Å². The van der Waals surface area contributed by atoms with Crippen LogP contribution in [0, 0.1) is 5.82 Å². The number of nitrogens with one attached hydrogen (secondary N) is 2. The van der Waals surface area contributed by atoms with Gasteiger partial charge in [-0.3, -0.25) is 14.3 Å². The Morgan fingerprint density at radius 2 is 2.33 bits per heavy atom. The molecular formula is C10H11FN4O2S. The molecule has 0 atom stereocenters. The predicted octanol–water partition coefficient (Wildman–Crippen LogP) is 0.612. The molecule has 0 saturated heterocycles. The lowest BCUT2D eigenvalue weighted by Crippen LogP contribution is -2.31. The van der Waals surface area contributed by atoms with Crippen molar-refractivity contribution in [1.29, 1.82) is 0 Å². The Balaban J connectivity index is 2.25. The van der Waals surface area contributed by atoms with Gasteiger partial charge < -0.3 is 5.32 Å². The van der Waals surface area contributed by atoms with E-state index in [-0.39, 0.29) is 6.54 Å². The molecule has 18 heavy (non-hydrogen) atoms. The zero-order valence-corrected chi connectivity index (χ0v) is 10.4. The van der Waals surface area contributed by atoms with Gasteiger partial charge >= 0.3 is 5.69 Å². The van der Waals surface area contributed by atoms with E-state index in [1.54, 1.807) is 6.20 Å². The van der Waals surface area contributed by atoms with Gasteiger partial charge in [0.1, 0.15) is 0 Å². The molecule has 0 spiro atoms. The summed E-state index contributed by atoms with van der Waals surface area (Å²) >= 11 is 1.37. The smallest absolute Gasteiger partial charge is 0.328 e. The molecule has 2 heterocycles. The van der Waals surface area contributed by atoms with Gasteiger partial charge in [0.25, 0.3) is 5.56 Å². The van der Waals surface area contributed by atoms with E-state index in [0.29, 0.717) is 0 Å². The molecule has 0 aromatic carbocycles. The third kappa shape index (κ3) is 2.65. The summed E-state index contributed by atoms with van der Waals surface area (Å²) in [7, 11) is 0. The SMILES string of the molecule is CCNc1ncc(Cn2cc(F)c(=O)[nH]c2=O)s1. The van der Waals surface area contributed by atoms with Crippen molar-refractivity contribution in [3.8, 4) is 0 Å². The fraction of sp³-hybridized carbons (Fsp3) is 0.300. The summed E-state index contributed by atoms with van der Waals surface area (Å²) in [4.78, 5) is 29.1. The number of nitrogens with zero attached hydrogens (tertiary/aromatic N) is 2. The summed E-state index contributed by atoms with van der Waals surface area (Å²) in [6.07, 6.45) is 2.51. The third-order valence-electron chi connectivity index (χ3n) is 2.18. The molecule has 96 valence electrons. The maximum absolute atomic E-state index is 13.1. The van der Waals surface area contributed by atoms with Gasteiger partial charge in [0.15, 0.2) is 5.13 Å². The first kappa shape index (κ1) is 12.5. The minimum atomic E-state index is -1.01. The van der Waals surface area contributed by atoms with E-state index in [2.05, 4.69) is 10.3 Å². The molecule has 0 radical (unpaired) electrons. The Hall–Kier alpha value is -1.96. The van der Waals surface area contributed by atoms with Crippen LogP contribution in [0.5, 0.6) is 0 Å². The van der Waals surface area contributed by atoms with Crippen molar-refractivity contribution in [2.45, 2.75) is 13.5 Å². The lowest BCUT2D eigenvalue weighted by Gasteiger charge is -2.01. The molecule has 0 amide bonds. The monoisotopic (exact) mass is 270 g/mol. The average Bonchev–Trinajstić information content (AvgIpc) is 2.74. The Morgan fingerprint density at radius 3 is 3.06 bits per heavy atom.